The second-order valence-corrected chi connectivity index (χ2v) is 11.3. The summed E-state index contributed by atoms with van der Waals surface area (Å²) < 4.78 is 88.2. The fraction of sp³-hybridized carbons (Fsp3) is 0.278. The van der Waals surface area contributed by atoms with Crippen LogP contribution < -0.4 is 60.8 Å². The Kier molecular flexibility index (Phi) is 20.5. The van der Waals surface area contributed by atoms with Crippen molar-refractivity contribution in [2.75, 3.05) is 28.4 Å². The fourth-order valence-corrected chi connectivity index (χ4v) is 4.37. The highest BCUT2D eigenvalue weighted by atomic mass is 19.4. The Morgan fingerprint density at radius 3 is 1.07 bits per heavy atom. The van der Waals surface area contributed by atoms with E-state index in [0.29, 0.717) is 13.1 Å². The molecule has 2 amide bonds. The van der Waals surface area contributed by atoms with Crippen LogP contribution in [0.4, 0.5) is 26.3 Å². The van der Waals surface area contributed by atoms with Gasteiger partial charge in [-0.05, 0) is 36.4 Å². The summed E-state index contributed by atoms with van der Waals surface area (Å²) in [5.74, 6) is 6.74. The number of halogens is 6. The maximum Gasteiger partial charge on any atom is 0.430 e. The summed E-state index contributed by atoms with van der Waals surface area (Å²) in [6.07, 6.45) is -2.18. The van der Waals surface area contributed by atoms with Crippen molar-refractivity contribution in [3.63, 3.8) is 0 Å². The van der Waals surface area contributed by atoms with Crippen LogP contribution in [0.15, 0.2) is 85.5 Å². The Morgan fingerprint density at radius 2 is 0.845 bits per heavy atom. The van der Waals surface area contributed by atoms with Crippen LogP contribution in [0.2, 0.25) is 0 Å². The second kappa shape index (κ2) is 24.1. The molecule has 22 heteroatoms. The van der Waals surface area contributed by atoms with Crippen molar-refractivity contribution >= 4 is 23.8 Å². The molecule has 0 aliphatic heterocycles. The van der Waals surface area contributed by atoms with E-state index in [1.165, 1.54) is 0 Å². The Labute approximate surface area is 327 Å². The number of methoxy groups -OCH3 is 4. The Bertz CT molecular complexity index is 1780. The average Bonchev–Trinajstić information content (AvgIpc) is 3.17. The quantitative estimate of drug-likeness (QED) is 0.0476. The topological polar surface area (TPSA) is 235 Å². The molecule has 316 valence electrons. The van der Waals surface area contributed by atoms with E-state index >= 15 is 0 Å². The van der Waals surface area contributed by atoms with Gasteiger partial charge in [0.25, 0.3) is 0 Å². The molecule has 16 nitrogen and oxygen atoms in total. The molecule has 0 aliphatic rings. The van der Waals surface area contributed by atoms with Crippen LogP contribution in [0.5, 0.6) is 23.0 Å². The number of carbonyl (C=O) groups excluding carboxylic acids is 4. The first-order chi connectivity index (χ1) is 27.2. The number of aromatic nitrogens is 2. The van der Waals surface area contributed by atoms with Crippen LogP contribution in [0.25, 0.3) is 0 Å². The summed E-state index contributed by atoms with van der Waals surface area (Å²) in [6, 6.07) is 19.0. The number of carboxylic acid groups (broad SMARTS) is 2. The molecular weight excluding hydrogens is 790 g/mol. The summed E-state index contributed by atoms with van der Waals surface area (Å²) in [5, 5.41) is 17.6. The predicted octanol–water partition coefficient (Wildman–Crippen LogP) is -0.259. The second-order valence-electron chi connectivity index (χ2n) is 11.3. The van der Waals surface area contributed by atoms with Crippen LogP contribution in [-0.2, 0) is 45.1 Å². The van der Waals surface area contributed by atoms with E-state index in [0.717, 1.165) is 45.3 Å². The summed E-state index contributed by atoms with van der Waals surface area (Å²) in [6.45, 7) is 1.29. The Hall–Kier alpha value is -6.68. The minimum atomic E-state index is -5.19. The first-order valence-corrected chi connectivity index (χ1v) is 16.1. The van der Waals surface area contributed by atoms with Crippen molar-refractivity contribution in [3.8, 4) is 23.0 Å². The third-order valence-corrected chi connectivity index (χ3v) is 6.91. The molecule has 0 unspecified atom stereocenters. The number of ether oxygens (including phenoxy) is 4. The predicted molar refractivity (Wildman–Crippen MR) is 185 cm³/mol. The van der Waals surface area contributed by atoms with Gasteiger partial charge in [-0.3, -0.25) is 20.4 Å². The summed E-state index contributed by atoms with van der Waals surface area (Å²) in [5.41, 5.74) is 8.13. The van der Waals surface area contributed by atoms with Crippen molar-refractivity contribution in [3.05, 3.63) is 108 Å². The lowest BCUT2D eigenvalue weighted by atomic mass is 10.1. The number of alkyl halides is 6. The monoisotopic (exact) mass is 830 g/mol. The Morgan fingerprint density at radius 1 is 0.569 bits per heavy atom. The van der Waals surface area contributed by atoms with Gasteiger partial charge in [0.15, 0.2) is 37.9 Å². The molecule has 4 rings (SSSR count). The van der Waals surface area contributed by atoms with Gasteiger partial charge in [0.05, 0.1) is 41.3 Å². The lowest BCUT2D eigenvalue weighted by Gasteiger charge is -2.07. The van der Waals surface area contributed by atoms with Crippen LogP contribution in [0, 0.1) is 0 Å². The number of nitrogens with zero attached hydrogens (tertiary/aromatic N) is 2. The third-order valence-electron chi connectivity index (χ3n) is 6.91. The number of rotatable bonds is 12. The van der Waals surface area contributed by atoms with Crippen molar-refractivity contribution < 1.29 is 83.8 Å². The molecule has 2 aromatic heterocycles. The first kappa shape index (κ1) is 49.3. The number of carbonyl (C=O) groups is 4. The van der Waals surface area contributed by atoms with Crippen molar-refractivity contribution in [2.24, 2.45) is 11.7 Å². The highest BCUT2D eigenvalue weighted by Crippen LogP contribution is 2.23. The third kappa shape index (κ3) is 19.3. The number of aliphatic carboxylic acids is 2. The molecule has 0 bridgehead atoms. The smallest absolute Gasteiger partial charge is 0.430 e. The van der Waals surface area contributed by atoms with Gasteiger partial charge in [0.1, 0.15) is 34.9 Å². The highest BCUT2D eigenvalue weighted by Gasteiger charge is 2.29. The summed E-state index contributed by atoms with van der Waals surface area (Å²) in [7, 11) is 6.49. The molecule has 58 heavy (non-hydrogen) atoms. The lowest BCUT2D eigenvalue weighted by Crippen LogP contribution is -2.37. The van der Waals surface area contributed by atoms with Crippen LogP contribution >= 0.6 is 0 Å². The Balaban J connectivity index is 0.000000439. The number of nitrogens with one attached hydrogen (secondary N) is 2. The molecule has 0 saturated heterocycles. The van der Waals surface area contributed by atoms with Crippen molar-refractivity contribution in [1.29, 1.82) is 0 Å². The normalized spacial score (nSPS) is 10.4. The van der Waals surface area contributed by atoms with Crippen molar-refractivity contribution in [1.82, 2.24) is 10.9 Å². The van der Waals surface area contributed by atoms with Gasteiger partial charge in [0, 0.05) is 46.5 Å². The summed E-state index contributed by atoms with van der Waals surface area (Å²) >= 11 is 0. The molecule has 0 aliphatic carbocycles. The number of pyridine rings is 2. The SMILES string of the molecule is COc1cc(C[n+]2cccc(CC(=O)NN)c2)cc(OC)c1.COc1cc(C[n+]2cccc(CC(=O)NN)c2)cc(OC)c1.O=C([O-])C(F)(F)F.O=C([O-])C(F)(F)F. The molecule has 0 radical (unpaired) electrons. The lowest BCUT2D eigenvalue weighted by molar-refractivity contribution is -0.688. The van der Waals surface area contributed by atoms with E-state index in [1.54, 1.807) is 28.4 Å². The maximum atomic E-state index is 11.3. The van der Waals surface area contributed by atoms with E-state index in [-0.39, 0.29) is 24.7 Å². The van der Waals surface area contributed by atoms with Gasteiger partial charge in [-0.2, -0.15) is 26.3 Å². The van der Waals surface area contributed by atoms with Gasteiger partial charge in [0.2, 0.25) is 11.8 Å². The van der Waals surface area contributed by atoms with Gasteiger partial charge in [-0.1, -0.05) is 0 Å². The standard InChI is InChI=1S/2C16H19N3O3.2C2HF3O2/c2*1-21-14-6-13(7-15(9-14)22-2)11-19-5-3-4-12(10-19)8-16(20)18-17;2*3-2(4,5)1(6)7/h2*3-7,9-10H,8,11,17H2,1-2H3;2*(H,6,7). The molecule has 0 atom stereocenters. The fourth-order valence-electron chi connectivity index (χ4n) is 4.37. The zero-order valence-electron chi connectivity index (χ0n) is 31.3. The summed E-state index contributed by atoms with van der Waals surface area (Å²) in [4.78, 5) is 40.2. The molecule has 0 spiro atoms. The first-order valence-electron chi connectivity index (χ1n) is 16.1. The minimum absolute atomic E-state index is 0.221. The molecule has 2 heterocycles. The number of carboxylic acids is 2. The zero-order valence-corrected chi connectivity index (χ0v) is 31.3. The maximum absolute atomic E-state index is 11.3. The average molecular weight is 831 g/mol. The molecular formula is C36H40F6N6O10. The van der Waals surface area contributed by atoms with Crippen LogP contribution in [0.1, 0.15) is 22.3 Å². The molecule has 0 fully saturated rings. The van der Waals surface area contributed by atoms with Gasteiger partial charge in [-0.25, -0.2) is 20.8 Å². The highest BCUT2D eigenvalue weighted by molar-refractivity contribution is 5.78. The number of hydrazine groups is 2. The van der Waals surface area contributed by atoms with E-state index < -0.39 is 24.3 Å². The van der Waals surface area contributed by atoms with Gasteiger partial charge < -0.3 is 38.7 Å². The van der Waals surface area contributed by atoms with E-state index in [2.05, 4.69) is 10.9 Å². The van der Waals surface area contributed by atoms with Crippen LogP contribution in [0.3, 0.4) is 0 Å². The number of hydrogen-bond acceptors (Lipinski definition) is 12. The minimum Gasteiger partial charge on any atom is -0.542 e. The van der Waals surface area contributed by atoms with E-state index in [4.69, 9.17) is 50.4 Å². The van der Waals surface area contributed by atoms with Gasteiger partial charge in [-0.15, -0.1) is 0 Å². The number of nitrogens with two attached hydrogens (primary N) is 2. The molecule has 4 aromatic rings. The molecule has 0 saturated carbocycles. The zero-order chi connectivity index (χ0) is 44.1. The molecule has 2 aromatic carbocycles. The van der Waals surface area contributed by atoms with Gasteiger partial charge >= 0.3 is 12.4 Å². The number of benzene rings is 2. The number of hydrogen-bond donors (Lipinski definition) is 4. The van der Waals surface area contributed by atoms with Crippen LogP contribution in [-0.4, -0.2) is 64.5 Å². The number of amides is 2. The molecule has 6 N–H and O–H groups in total. The van der Waals surface area contributed by atoms with E-state index in [1.807, 2.05) is 94.6 Å². The van der Waals surface area contributed by atoms with E-state index in [9.17, 15) is 35.9 Å². The van der Waals surface area contributed by atoms with Crippen molar-refractivity contribution in [2.45, 2.75) is 38.3 Å². The largest absolute Gasteiger partial charge is 0.542 e.